The monoisotopic (exact) mass is 400 g/mol. The van der Waals surface area contributed by atoms with E-state index in [1.807, 2.05) is 6.92 Å². The molecule has 2 aliphatic rings. The summed E-state index contributed by atoms with van der Waals surface area (Å²) in [5.74, 6) is 0.906. The Kier molecular flexibility index (Phi) is 7.59. The van der Waals surface area contributed by atoms with Crippen LogP contribution in [0.2, 0.25) is 0 Å². The zero-order valence-corrected chi connectivity index (χ0v) is 18.2. The molecule has 0 radical (unpaired) electrons. The van der Waals surface area contributed by atoms with Gasteiger partial charge in [-0.15, -0.1) is 0 Å². The molecule has 0 aliphatic heterocycles. The number of esters is 1. The highest BCUT2D eigenvalue weighted by Crippen LogP contribution is 2.35. The fourth-order valence-electron chi connectivity index (χ4n) is 4.98. The molecule has 160 valence electrons. The number of aromatic nitrogens is 2. The van der Waals surface area contributed by atoms with E-state index in [1.54, 1.807) is 0 Å². The second kappa shape index (κ2) is 10.1. The average molecular weight is 401 g/mol. The molecule has 0 fully saturated rings. The van der Waals surface area contributed by atoms with Crippen molar-refractivity contribution in [3.8, 4) is 0 Å². The Morgan fingerprint density at radius 1 is 1.03 bits per heavy atom. The van der Waals surface area contributed by atoms with Crippen molar-refractivity contribution in [3.05, 3.63) is 47.0 Å². The molecule has 29 heavy (non-hydrogen) atoms. The molecule has 2 heterocycles. The number of hydrogen-bond donors (Lipinski definition) is 1. The van der Waals surface area contributed by atoms with Crippen molar-refractivity contribution >= 4 is 5.97 Å². The molecular weight excluding hydrogens is 364 g/mol. The predicted molar refractivity (Wildman–Crippen MR) is 115 cm³/mol. The minimum atomic E-state index is -0.0656. The summed E-state index contributed by atoms with van der Waals surface area (Å²) in [6, 6.07) is 4.37. The Morgan fingerprint density at radius 3 is 2.14 bits per heavy atom. The van der Waals surface area contributed by atoms with Crippen LogP contribution in [0.5, 0.6) is 0 Å². The molecule has 5 heteroatoms. The van der Waals surface area contributed by atoms with Gasteiger partial charge in [-0.05, 0) is 87.0 Å². The lowest BCUT2D eigenvalue weighted by Crippen LogP contribution is -2.15. The summed E-state index contributed by atoms with van der Waals surface area (Å²) in [6.07, 6.45) is 12.8. The summed E-state index contributed by atoms with van der Waals surface area (Å²) in [5.41, 5.74) is 5.69. The largest absolute Gasteiger partial charge is 0.466 e. The summed E-state index contributed by atoms with van der Waals surface area (Å²) in [4.78, 5) is 11.5. The van der Waals surface area contributed by atoms with Gasteiger partial charge >= 0.3 is 5.97 Å². The summed E-state index contributed by atoms with van der Waals surface area (Å²) in [5, 5.41) is 8.94. The Balaban J connectivity index is 0.000000169. The van der Waals surface area contributed by atoms with E-state index in [1.165, 1.54) is 48.2 Å². The van der Waals surface area contributed by atoms with Crippen LogP contribution >= 0.6 is 0 Å². The van der Waals surface area contributed by atoms with Crippen LogP contribution in [0.3, 0.4) is 0 Å². The van der Waals surface area contributed by atoms with Gasteiger partial charge < -0.3 is 19.0 Å². The molecule has 2 aromatic heterocycles. The Morgan fingerprint density at radius 2 is 1.59 bits per heavy atom. The molecule has 0 spiro atoms. The number of ether oxygens (including phenoxy) is 1. The molecule has 1 N–H and O–H groups in total. The summed E-state index contributed by atoms with van der Waals surface area (Å²) >= 11 is 0. The summed E-state index contributed by atoms with van der Waals surface area (Å²) in [7, 11) is 4.19. The van der Waals surface area contributed by atoms with Crippen molar-refractivity contribution in [3.63, 3.8) is 0 Å². The lowest BCUT2D eigenvalue weighted by molar-refractivity contribution is -0.143. The van der Waals surface area contributed by atoms with Crippen molar-refractivity contribution in [2.45, 2.75) is 70.1 Å². The smallest absolute Gasteiger partial charge is 0.306 e. The van der Waals surface area contributed by atoms with Gasteiger partial charge in [0.15, 0.2) is 0 Å². The standard InChI is InChI=1S/C13H19NO2.C11H17NO/c1-3-16-13(15)9-10-5-4-6-12-11(10)7-8-14(12)2;1-12-7-5-10-9(6-8-13)3-2-4-11(10)12/h7-8,10H,3-6,9H2,1-2H3;5,7,9,13H,2-4,6,8H2,1H3. The number of aliphatic hydroxyl groups excluding tert-OH is 1. The van der Waals surface area contributed by atoms with Gasteiger partial charge in [-0.1, -0.05) is 0 Å². The third-order valence-electron chi connectivity index (χ3n) is 6.48. The molecule has 0 bridgehead atoms. The third-order valence-corrected chi connectivity index (χ3v) is 6.48. The minimum absolute atomic E-state index is 0.0656. The number of aryl methyl sites for hydroxylation is 2. The first kappa shape index (κ1) is 21.7. The fourth-order valence-corrected chi connectivity index (χ4v) is 4.98. The average Bonchev–Trinajstić information content (AvgIpc) is 3.28. The quantitative estimate of drug-likeness (QED) is 0.765. The number of carbonyl (C=O) groups excluding carboxylic acids is 1. The first-order valence-electron chi connectivity index (χ1n) is 11.1. The number of fused-ring (bicyclic) bond motifs is 2. The second-order valence-electron chi connectivity index (χ2n) is 8.36. The topological polar surface area (TPSA) is 56.4 Å². The van der Waals surface area contributed by atoms with Crippen LogP contribution in [-0.2, 0) is 36.5 Å². The molecule has 2 atom stereocenters. The molecule has 0 saturated heterocycles. The molecule has 0 saturated carbocycles. The molecule has 2 unspecified atom stereocenters. The van der Waals surface area contributed by atoms with E-state index in [2.05, 4.69) is 47.8 Å². The van der Waals surface area contributed by atoms with Gasteiger partial charge in [-0.3, -0.25) is 4.79 Å². The molecule has 0 aromatic carbocycles. The SMILES string of the molecule is CCOC(=O)CC1CCCc2c1ccn2C.Cn1ccc2c1CCCC2CCO. The number of carbonyl (C=O) groups is 1. The van der Waals surface area contributed by atoms with Gasteiger partial charge in [-0.25, -0.2) is 0 Å². The Hall–Kier alpha value is -2.01. The Bertz CT molecular complexity index is 805. The predicted octanol–water partition coefficient (Wildman–Crippen LogP) is 4.23. The number of hydrogen-bond acceptors (Lipinski definition) is 3. The highest BCUT2D eigenvalue weighted by atomic mass is 16.5. The van der Waals surface area contributed by atoms with Crippen LogP contribution in [0.1, 0.15) is 79.8 Å². The normalized spacial score (nSPS) is 20.3. The highest BCUT2D eigenvalue weighted by molar-refractivity contribution is 5.70. The first-order chi connectivity index (χ1) is 14.0. The molecule has 2 aromatic rings. The molecule has 4 rings (SSSR count). The van der Waals surface area contributed by atoms with E-state index in [9.17, 15) is 4.79 Å². The van der Waals surface area contributed by atoms with E-state index in [0.717, 1.165) is 19.3 Å². The van der Waals surface area contributed by atoms with Crippen molar-refractivity contribution < 1.29 is 14.6 Å². The van der Waals surface area contributed by atoms with Gasteiger partial charge in [0.2, 0.25) is 0 Å². The number of nitrogens with zero attached hydrogens (tertiary/aromatic N) is 2. The van der Waals surface area contributed by atoms with Crippen LogP contribution in [-0.4, -0.2) is 33.4 Å². The van der Waals surface area contributed by atoms with Crippen LogP contribution in [0.4, 0.5) is 0 Å². The molecule has 0 amide bonds. The number of rotatable bonds is 5. The van der Waals surface area contributed by atoms with Gasteiger partial charge in [-0.2, -0.15) is 0 Å². The first-order valence-corrected chi connectivity index (χ1v) is 11.1. The molecule has 2 aliphatic carbocycles. The van der Waals surface area contributed by atoms with Crippen LogP contribution in [0.25, 0.3) is 0 Å². The van der Waals surface area contributed by atoms with Crippen molar-refractivity contribution in [2.24, 2.45) is 14.1 Å². The third kappa shape index (κ3) is 5.13. The zero-order valence-electron chi connectivity index (χ0n) is 18.2. The van der Waals surface area contributed by atoms with Crippen molar-refractivity contribution in [1.82, 2.24) is 9.13 Å². The van der Waals surface area contributed by atoms with Gasteiger partial charge in [0.25, 0.3) is 0 Å². The van der Waals surface area contributed by atoms with E-state index in [0.29, 0.717) is 31.5 Å². The van der Waals surface area contributed by atoms with Gasteiger partial charge in [0.05, 0.1) is 13.0 Å². The second-order valence-corrected chi connectivity index (χ2v) is 8.36. The maximum absolute atomic E-state index is 11.5. The van der Waals surface area contributed by atoms with E-state index >= 15 is 0 Å². The van der Waals surface area contributed by atoms with Crippen LogP contribution in [0, 0.1) is 0 Å². The molecular formula is C24H36N2O3. The van der Waals surface area contributed by atoms with Crippen LogP contribution < -0.4 is 0 Å². The zero-order chi connectivity index (χ0) is 20.8. The minimum Gasteiger partial charge on any atom is -0.466 e. The van der Waals surface area contributed by atoms with Crippen LogP contribution in [0.15, 0.2) is 24.5 Å². The lowest BCUT2D eigenvalue weighted by atomic mass is 9.85. The molecule has 5 nitrogen and oxygen atoms in total. The fraction of sp³-hybridized carbons (Fsp3) is 0.625. The summed E-state index contributed by atoms with van der Waals surface area (Å²) in [6.45, 7) is 2.65. The van der Waals surface area contributed by atoms with E-state index < -0.39 is 0 Å². The maximum Gasteiger partial charge on any atom is 0.306 e. The maximum atomic E-state index is 11.5. The van der Waals surface area contributed by atoms with E-state index in [4.69, 9.17) is 9.84 Å². The highest BCUT2D eigenvalue weighted by Gasteiger charge is 2.25. The number of aliphatic hydroxyl groups is 1. The van der Waals surface area contributed by atoms with Crippen molar-refractivity contribution in [2.75, 3.05) is 13.2 Å². The van der Waals surface area contributed by atoms with Gasteiger partial charge in [0, 0.05) is 44.5 Å². The lowest BCUT2D eigenvalue weighted by Gasteiger charge is -2.22. The van der Waals surface area contributed by atoms with E-state index in [-0.39, 0.29) is 5.97 Å². The summed E-state index contributed by atoms with van der Waals surface area (Å²) < 4.78 is 9.42. The van der Waals surface area contributed by atoms with Crippen molar-refractivity contribution in [1.29, 1.82) is 0 Å². The Labute approximate surface area is 174 Å². The van der Waals surface area contributed by atoms with Gasteiger partial charge in [0.1, 0.15) is 0 Å².